The van der Waals surface area contributed by atoms with E-state index in [2.05, 4.69) is 5.10 Å². The van der Waals surface area contributed by atoms with Gasteiger partial charge in [-0.05, 0) is 11.2 Å². The Morgan fingerprint density at radius 2 is 2.11 bits per heavy atom. The Labute approximate surface area is 111 Å². The van der Waals surface area contributed by atoms with E-state index in [-0.39, 0.29) is 18.5 Å². The predicted molar refractivity (Wildman–Crippen MR) is 70.2 cm³/mol. The molecular formula is C12H16N2O4P+. The second-order valence-electron chi connectivity index (χ2n) is 4.05. The Balaban J connectivity index is 2.46. The third-order valence-corrected chi connectivity index (χ3v) is 4.11. The monoisotopic (exact) mass is 283 g/mol. The van der Waals surface area contributed by atoms with Gasteiger partial charge in [0.05, 0.1) is 13.2 Å². The van der Waals surface area contributed by atoms with Crippen LogP contribution in [-0.4, -0.2) is 30.3 Å². The van der Waals surface area contributed by atoms with Gasteiger partial charge in [0.25, 0.3) is 0 Å². The third-order valence-electron chi connectivity index (χ3n) is 2.61. The van der Waals surface area contributed by atoms with Gasteiger partial charge in [0.1, 0.15) is 10.8 Å². The highest BCUT2D eigenvalue weighted by Crippen LogP contribution is 2.41. The lowest BCUT2D eigenvalue weighted by atomic mass is 10.2. The third kappa shape index (κ3) is 3.16. The Bertz CT molecular complexity index is 632. The van der Waals surface area contributed by atoms with Crippen molar-refractivity contribution in [1.82, 2.24) is 5.10 Å². The summed E-state index contributed by atoms with van der Waals surface area (Å²) < 4.78 is 23.7. The first-order valence-electron chi connectivity index (χ1n) is 5.77. The second-order valence-corrected chi connectivity index (χ2v) is 5.83. The molecule has 6 nitrogen and oxygen atoms in total. The summed E-state index contributed by atoms with van der Waals surface area (Å²) in [6.45, 7) is 0.324. The highest BCUT2D eigenvalue weighted by atomic mass is 31.2. The molecule has 7 heteroatoms. The van der Waals surface area contributed by atoms with E-state index in [9.17, 15) is 9.46 Å². The summed E-state index contributed by atoms with van der Waals surface area (Å²) in [6, 6.07) is 7.16. The molecular weight excluding hydrogens is 267 g/mol. The molecule has 1 unspecified atom stereocenters. The van der Waals surface area contributed by atoms with Crippen molar-refractivity contribution in [3.05, 3.63) is 30.5 Å². The Morgan fingerprint density at radius 1 is 1.37 bits per heavy atom. The largest absolute Gasteiger partial charge is 0.382 e. The molecule has 0 bridgehead atoms. The summed E-state index contributed by atoms with van der Waals surface area (Å²) in [5.74, 6) is 0. The maximum Gasteiger partial charge on any atom is 0.365 e. The molecule has 0 amide bonds. The molecule has 1 aromatic heterocycles. The van der Waals surface area contributed by atoms with E-state index in [1.165, 1.54) is 18.0 Å². The van der Waals surface area contributed by atoms with Crippen LogP contribution in [0.2, 0.25) is 0 Å². The number of methoxy groups -OCH3 is 1. The first-order chi connectivity index (χ1) is 9.04. The Hall–Kier alpha value is -1.33. The molecule has 0 saturated heterocycles. The minimum atomic E-state index is -3.89. The van der Waals surface area contributed by atoms with Crippen LogP contribution in [0.25, 0.3) is 10.9 Å². The summed E-state index contributed by atoms with van der Waals surface area (Å²) in [4.78, 5) is 10.1. The van der Waals surface area contributed by atoms with E-state index in [1.54, 1.807) is 25.2 Å². The molecule has 1 aromatic carbocycles. The number of benzene rings is 1. The smallest absolute Gasteiger partial charge is 0.365 e. The van der Waals surface area contributed by atoms with Crippen LogP contribution in [0.4, 0.5) is 0 Å². The van der Waals surface area contributed by atoms with Gasteiger partial charge in [-0.2, -0.15) is 0 Å². The molecule has 0 aliphatic carbocycles. The lowest BCUT2D eigenvalue weighted by molar-refractivity contribution is -0.727. The van der Waals surface area contributed by atoms with Gasteiger partial charge in [-0.1, -0.05) is 22.9 Å². The fourth-order valence-electron chi connectivity index (χ4n) is 1.76. The average Bonchev–Trinajstić information content (AvgIpc) is 2.38. The van der Waals surface area contributed by atoms with E-state index < -0.39 is 7.60 Å². The van der Waals surface area contributed by atoms with Gasteiger partial charge < -0.3 is 14.2 Å². The molecule has 1 atom stereocenters. The predicted octanol–water partition coefficient (Wildman–Crippen LogP) is 0.533. The summed E-state index contributed by atoms with van der Waals surface area (Å²) in [5.41, 5.74) is 0.645. The van der Waals surface area contributed by atoms with Gasteiger partial charge in [-0.15, -0.1) is 0 Å². The zero-order valence-corrected chi connectivity index (χ0v) is 11.7. The average molecular weight is 283 g/mol. The second kappa shape index (κ2) is 5.75. The standard InChI is InChI=1S/C12H15N2O4P/c1-14-9-12(19(15,16)18-8-7-17-2)10-5-3-4-6-11(10)13-14/h3-6,9H,7-8H2,1-2H3/p+1. The first-order valence-corrected chi connectivity index (χ1v) is 7.35. The number of aromatic nitrogens is 2. The van der Waals surface area contributed by atoms with E-state index in [0.717, 1.165) is 0 Å². The van der Waals surface area contributed by atoms with Crippen molar-refractivity contribution in [3.63, 3.8) is 0 Å². The molecule has 19 heavy (non-hydrogen) atoms. The molecule has 0 radical (unpaired) electrons. The molecule has 1 heterocycles. The van der Waals surface area contributed by atoms with Gasteiger partial charge in [-0.25, -0.2) is 0 Å². The fourth-order valence-corrected chi connectivity index (χ4v) is 3.03. The zero-order chi connectivity index (χ0) is 13.9. The van der Waals surface area contributed by atoms with Gasteiger partial charge >= 0.3 is 7.60 Å². The van der Waals surface area contributed by atoms with Crippen LogP contribution in [0.15, 0.2) is 30.5 Å². The number of ether oxygens (including phenoxy) is 1. The summed E-state index contributed by atoms with van der Waals surface area (Å²) in [5, 5.41) is 5.11. The molecule has 0 aliphatic heterocycles. The number of rotatable bonds is 5. The number of hydrogen-bond donors (Lipinski definition) is 1. The Morgan fingerprint density at radius 3 is 2.84 bits per heavy atom. The number of nitrogens with zero attached hydrogens (tertiary/aromatic N) is 2. The van der Waals surface area contributed by atoms with Crippen LogP contribution < -0.4 is 9.99 Å². The van der Waals surface area contributed by atoms with Gasteiger partial charge in [0, 0.05) is 12.5 Å². The summed E-state index contributed by atoms with van der Waals surface area (Å²) >= 11 is 0. The van der Waals surface area contributed by atoms with Crippen molar-refractivity contribution in [1.29, 1.82) is 0 Å². The SMILES string of the molecule is COCCOP(=O)(O)c1c[n+](C)nc2ccccc12. The molecule has 2 rings (SSSR count). The van der Waals surface area contributed by atoms with E-state index in [4.69, 9.17) is 9.26 Å². The van der Waals surface area contributed by atoms with Crippen LogP contribution in [-0.2, 0) is 20.9 Å². The maximum absolute atomic E-state index is 12.3. The normalized spacial score (nSPS) is 14.5. The molecule has 2 aromatic rings. The highest BCUT2D eigenvalue weighted by molar-refractivity contribution is 7.61. The maximum atomic E-state index is 12.3. The molecule has 0 fully saturated rings. The van der Waals surface area contributed by atoms with Crippen molar-refractivity contribution >= 4 is 23.8 Å². The minimum Gasteiger partial charge on any atom is -0.382 e. The van der Waals surface area contributed by atoms with Crippen molar-refractivity contribution in [3.8, 4) is 0 Å². The number of hydrogen-bond acceptors (Lipinski definition) is 4. The quantitative estimate of drug-likeness (QED) is 0.492. The molecule has 0 aliphatic rings. The van der Waals surface area contributed by atoms with Crippen molar-refractivity contribution < 1.29 is 23.4 Å². The summed E-state index contributed by atoms with van der Waals surface area (Å²) in [7, 11) is -0.681. The van der Waals surface area contributed by atoms with Gasteiger partial charge in [0.2, 0.25) is 6.20 Å². The summed E-state index contributed by atoms with van der Waals surface area (Å²) in [6.07, 6.45) is 1.51. The van der Waals surface area contributed by atoms with Crippen molar-refractivity contribution in [2.24, 2.45) is 7.05 Å². The van der Waals surface area contributed by atoms with Crippen LogP contribution in [0.3, 0.4) is 0 Å². The zero-order valence-electron chi connectivity index (χ0n) is 10.8. The Kier molecular flexibility index (Phi) is 4.27. The van der Waals surface area contributed by atoms with E-state index >= 15 is 0 Å². The molecule has 102 valence electrons. The molecule has 1 N–H and O–H groups in total. The topological polar surface area (TPSA) is 72.5 Å². The number of aryl methyl sites for hydroxylation is 1. The minimum absolute atomic E-state index is 0.0602. The van der Waals surface area contributed by atoms with E-state index in [0.29, 0.717) is 10.9 Å². The lowest BCUT2D eigenvalue weighted by Crippen LogP contribution is -2.36. The lowest BCUT2D eigenvalue weighted by Gasteiger charge is -2.12. The van der Waals surface area contributed by atoms with Crippen LogP contribution in [0.1, 0.15) is 0 Å². The van der Waals surface area contributed by atoms with Crippen molar-refractivity contribution in [2.45, 2.75) is 0 Å². The fraction of sp³-hybridized carbons (Fsp3) is 0.333. The van der Waals surface area contributed by atoms with E-state index in [1.807, 2.05) is 6.07 Å². The van der Waals surface area contributed by atoms with Gasteiger partial charge in [-0.3, -0.25) is 4.57 Å². The molecule has 0 saturated carbocycles. The van der Waals surface area contributed by atoms with Crippen LogP contribution in [0, 0.1) is 0 Å². The van der Waals surface area contributed by atoms with Crippen LogP contribution in [0.5, 0.6) is 0 Å². The first kappa shape index (κ1) is 14.1. The highest BCUT2D eigenvalue weighted by Gasteiger charge is 2.29. The van der Waals surface area contributed by atoms with Gasteiger partial charge in [0.15, 0.2) is 7.05 Å². The van der Waals surface area contributed by atoms with Crippen molar-refractivity contribution in [2.75, 3.05) is 20.3 Å². The molecule has 0 spiro atoms. The van der Waals surface area contributed by atoms with Crippen LogP contribution >= 0.6 is 7.60 Å². The number of fused-ring (bicyclic) bond motifs is 1.